The molecule has 0 aromatic rings. The van der Waals surface area contributed by atoms with E-state index in [2.05, 4.69) is 33.4 Å². The van der Waals surface area contributed by atoms with Crippen molar-refractivity contribution in [2.24, 2.45) is 47.3 Å². The molecule has 0 spiro atoms. The predicted octanol–water partition coefficient (Wildman–Crippen LogP) is 7.10. The minimum atomic E-state index is 0.819. The molecular weight excluding hydrogens is 276 g/mol. The minimum Gasteiger partial charge on any atom is -0.103 e. The van der Waals surface area contributed by atoms with Crippen molar-refractivity contribution in [2.45, 2.75) is 85.0 Å². The largest absolute Gasteiger partial charge is 0.103 e. The van der Waals surface area contributed by atoms with Gasteiger partial charge in [0.1, 0.15) is 0 Å². The van der Waals surface area contributed by atoms with Gasteiger partial charge in [0.2, 0.25) is 0 Å². The predicted molar refractivity (Wildman–Crippen MR) is 101 cm³/mol. The average molecular weight is 317 g/mol. The first-order valence-electron chi connectivity index (χ1n) is 10.7. The Bertz CT molecular complexity index is 367. The molecule has 3 aliphatic carbocycles. The van der Waals surface area contributed by atoms with Gasteiger partial charge in [-0.25, -0.2) is 0 Å². The van der Waals surface area contributed by atoms with Crippen molar-refractivity contribution in [3.05, 3.63) is 12.7 Å². The zero-order valence-electron chi connectivity index (χ0n) is 16.0. The van der Waals surface area contributed by atoms with Gasteiger partial charge in [0.15, 0.2) is 0 Å². The molecule has 4 unspecified atom stereocenters. The van der Waals surface area contributed by atoms with Gasteiger partial charge < -0.3 is 0 Å². The zero-order valence-corrected chi connectivity index (χ0v) is 16.0. The molecule has 3 rings (SSSR count). The van der Waals surface area contributed by atoms with Crippen LogP contribution in [0.3, 0.4) is 0 Å². The molecule has 3 fully saturated rings. The summed E-state index contributed by atoms with van der Waals surface area (Å²) in [6, 6.07) is 0. The molecule has 0 heteroatoms. The first-order valence-corrected chi connectivity index (χ1v) is 10.7. The maximum Gasteiger partial charge on any atom is -0.0236 e. The molecule has 3 saturated carbocycles. The Hall–Kier alpha value is -0.260. The molecule has 0 aliphatic heterocycles. The molecule has 0 bridgehead atoms. The molecule has 0 heterocycles. The van der Waals surface area contributed by atoms with Crippen LogP contribution in [-0.2, 0) is 0 Å². The van der Waals surface area contributed by atoms with Crippen molar-refractivity contribution >= 4 is 0 Å². The van der Waals surface area contributed by atoms with Gasteiger partial charge in [0, 0.05) is 0 Å². The Morgan fingerprint density at radius 3 is 1.48 bits per heavy atom. The normalized spacial score (nSPS) is 48.8. The van der Waals surface area contributed by atoms with Crippen LogP contribution in [0.5, 0.6) is 0 Å². The molecule has 0 nitrogen and oxygen atoms in total. The van der Waals surface area contributed by atoms with Crippen LogP contribution in [0.1, 0.15) is 85.0 Å². The fourth-order valence-corrected chi connectivity index (χ4v) is 6.54. The summed E-state index contributed by atoms with van der Waals surface area (Å²) in [4.78, 5) is 0. The van der Waals surface area contributed by atoms with E-state index in [1.165, 1.54) is 64.2 Å². The Morgan fingerprint density at radius 2 is 1.04 bits per heavy atom. The molecule has 0 aromatic carbocycles. The lowest BCUT2D eigenvalue weighted by Gasteiger charge is -2.48. The summed E-state index contributed by atoms with van der Waals surface area (Å²) >= 11 is 0. The number of hydrogen-bond acceptors (Lipinski definition) is 0. The fraction of sp³-hybridized carbons (Fsp3) is 0.913. The molecule has 0 radical (unpaired) electrons. The molecule has 23 heavy (non-hydrogen) atoms. The van der Waals surface area contributed by atoms with Crippen molar-refractivity contribution in [1.29, 1.82) is 0 Å². The third kappa shape index (κ3) is 3.88. The highest BCUT2D eigenvalue weighted by molar-refractivity contribution is 4.93. The summed E-state index contributed by atoms with van der Waals surface area (Å²) in [5.74, 6) is 7.88. The van der Waals surface area contributed by atoms with Gasteiger partial charge >= 0.3 is 0 Å². The number of allylic oxidation sites excluding steroid dienone is 1. The van der Waals surface area contributed by atoms with Crippen LogP contribution in [0.15, 0.2) is 12.7 Å². The summed E-state index contributed by atoms with van der Waals surface area (Å²) in [7, 11) is 0. The van der Waals surface area contributed by atoms with E-state index in [0.717, 1.165) is 47.3 Å². The highest BCUT2D eigenvalue weighted by Crippen LogP contribution is 2.50. The van der Waals surface area contributed by atoms with Gasteiger partial charge in [-0.05, 0) is 98.7 Å². The van der Waals surface area contributed by atoms with Crippen LogP contribution in [0.4, 0.5) is 0 Å². The van der Waals surface area contributed by atoms with Gasteiger partial charge in [0.05, 0.1) is 0 Å². The quantitative estimate of drug-likeness (QED) is 0.487. The van der Waals surface area contributed by atoms with E-state index in [0.29, 0.717) is 0 Å². The third-order valence-electron chi connectivity index (χ3n) is 8.43. The standard InChI is InChI=1S/C23H40/c1-5-19-8-12-21(13-9-19)23-15-14-22(17(3)18(23)4)20-10-6-16(2)7-11-20/h5,16-23H,1,6-15H2,2-4H3. The Labute approximate surface area is 145 Å². The zero-order chi connectivity index (χ0) is 16.4. The van der Waals surface area contributed by atoms with Crippen molar-refractivity contribution in [3.63, 3.8) is 0 Å². The van der Waals surface area contributed by atoms with Crippen molar-refractivity contribution in [3.8, 4) is 0 Å². The maximum absolute atomic E-state index is 4.02. The summed E-state index contributed by atoms with van der Waals surface area (Å²) in [6.45, 7) is 11.7. The van der Waals surface area contributed by atoms with E-state index in [9.17, 15) is 0 Å². The van der Waals surface area contributed by atoms with Crippen LogP contribution >= 0.6 is 0 Å². The lowest BCUT2D eigenvalue weighted by molar-refractivity contribution is 0.0183. The first-order chi connectivity index (χ1) is 11.1. The van der Waals surface area contributed by atoms with E-state index in [1.54, 1.807) is 0 Å². The van der Waals surface area contributed by atoms with E-state index < -0.39 is 0 Å². The first kappa shape index (κ1) is 17.6. The topological polar surface area (TPSA) is 0 Å². The van der Waals surface area contributed by atoms with Crippen LogP contribution in [0, 0.1) is 47.3 Å². The van der Waals surface area contributed by atoms with Gasteiger partial charge in [0.25, 0.3) is 0 Å². The van der Waals surface area contributed by atoms with E-state index >= 15 is 0 Å². The SMILES string of the molecule is C=CC1CCC(C2CCC(C3CCC(C)CC3)C(C)C2C)CC1. The maximum atomic E-state index is 4.02. The highest BCUT2D eigenvalue weighted by atomic mass is 14.5. The van der Waals surface area contributed by atoms with Gasteiger partial charge in [-0.15, -0.1) is 6.58 Å². The molecular formula is C23H40. The lowest BCUT2D eigenvalue weighted by atomic mass is 9.57. The van der Waals surface area contributed by atoms with Crippen molar-refractivity contribution in [1.82, 2.24) is 0 Å². The van der Waals surface area contributed by atoms with Gasteiger partial charge in [-0.2, -0.15) is 0 Å². The molecule has 0 amide bonds. The fourth-order valence-electron chi connectivity index (χ4n) is 6.54. The van der Waals surface area contributed by atoms with E-state index in [1.807, 2.05) is 0 Å². The molecule has 0 N–H and O–H groups in total. The third-order valence-corrected chi connectivity index (χ3v) is 8.43. The Morgan fingerprint density at radius 1 is 0.609 bits per heavy atom. The minimum absolute atomic E-state index is 0.819. The van der Waals surface area contributed by atoms with E-state index in [4.69, 9.17) is 0 Å². The van der Waals surface area contributed by atoms with Crippen LogP contribution in [-0.4, -0.2) is 0 Å². The molecule has 0 saturated heterocycles. The van der Waals surface area contributed by atoms with Crippen LogP contribution in [0.2, 0.25) is 0 Å². The smallest absolute Gasteiger partial charge is 0.0236 e. The van der Waals surface area contributed by atoms with Gasteiger partial charge in [-0.3, -0.25) is 0 Å². The molecule has 3 aliphatic rings. The lowest BCUT2D eigenvalue weighted by Crippen LogP contribution is -2.39. The molecule has 132 valence electrons. The molecule has 4 atom stereocenters. The van der Waals surface area contributed by atoms with Crippen molar-refractivity contribution < 1.29 is 0 Å². The molecule has 0 aromatic heterocycles. The monoisotopic (exact) mass is 316 g/mol. The summed E-state index contributed by atoms with van der Waals surface area (Å²) in [5.41, 5.74) is 0. The average Bonchev–Trinajstić information content (AvgIpc) is 2.58. The number of hydrogen-bond donors (Lipinski definition) is 0. The second-order valence-corrected chi connectivity index (χ2v) is 9.55. The van der Waals surface area contributed by atoms with Crippen molar-refractivity contribution in [2.75, 3.05) is 0 Å². The summed E-state index contributed by atoms with van der Waals surface area (Å²) < 4.78 is 0. The second-order valence-electron chi connectivity index (χ2n) is 9.55. The summed E-state index contributed by atoms with van der Waals surface area (Å²) in [5, 5.41) is 0. The van der Waals surface area contributed by atoms with E-state index in [-0.39, 0.29) is 0 Å². The Balaban J connectivity index is 1.56. The summed E-state index contributed by atoms with van der Waals surface area (Å²) in [6.07, 6.45) is 17.1. The Kier molecular flexibility index (Phi) is 5.92. The second kappa shape index (κ2) is 7.75. The van der Waals surface area contributed by atoms with Crippen LogP contribution in [0.25, 0.3) is 0 Å². The van der Waals surface area contributed by atoms with Gasteiger partial charge in [-0.1, -0.05) is 39.7 Å². The number of rotatable bonds is 3. The van der Waals surface area contributed by atoms with Crippen LogP contribution < -0.4 is 0 Å². The highest BCUT2D eigenvalue weighted by Gasteiger charge is 2.41.